The van der Waals surface area contributed by atoms with E-state index in [0.29, 0.717) is 12.0 Å². The molecule has 3 heteroatoms. The van der Waals surface area contributed by atoms with E-state index < -0.39 is 0 Å². The molecule has 1 saturated carbocycles. The number of piperidine rings is 1. The largest absolute Gasteiger partial charge is 0.392 e. The smallest absolute Gasteiger partial charge is 0.0667 e. The number of hydrogen-bond donors (Lipinski definition) is 2. The second-order valence-electron chi connectivity index (χ2n) is 6.58. The summed E-state index contributed by atoms with van der Waals surface area (Å²) in [6.07, 6.45) is 7.50. The van der Waals surface area contributed by atoms with Gasteiger partial charge in [-0.1, -0.05) is 32.6 Å². The van der Waals surface area contributed by atoms with Gasteiger partial charge in [0.25, 0.3) is 0 Å². The third-order valence-electron chi connectivity index (χ3n) is 4.80. The molecule has 0 aromatic carbocycles. The Morgan fingerprint density at radius 2 is 2.00 bits per heavy atom. The summed E-state index contributed by atoms with van der Waals surface area (Å²) in [4.78, 5) is 2.40. The SMILES string of the molecule is CC1CN(C)CCC1NCC(O)CC1CCCC1. The minimum atomic E-state index is -0.139. The molecule has 0 amide bonds. The van der Waals surface area contributed by atoms with E-state index in [9.17, 15) is 5.11 Å². The lowest BCUT2D eigenvalue weighted by molar-refractivity contribution is 0.118. The molecule has 18 heavy (non-hydrogen) atoms. The lowest BCUT2D eigenvalue weighted by Gasteiger charge is -2.35. The molecule has 3 unspecified atom stereocenters. The van der Waals surface area contributed by atoms with Crippen LogP contribution < -0.4 is 5.32 Å². The summed E-state index contributed by atoms with van der Waals surface area (Å²) in [5.74, 6) is 1.49. The maximum Gasteiger partial charge on any atom is 0.0667 e. The first-order valence-corrected chi connectivity index (χ1v) is 7.75. The van der Waals surface area contributed by atoms with Crippen molar-refractivity contribution >= 4 is 0 Å². The minimum absolute atomic E-state index is 0.139. The third-order valence-corrected chi connectivity index (χ3v) is 4.80. The highest BCUT2D eigenvalue weighted by molar-refractivity contribution is 4.82. The van der Waals surface area contributed by atoms with E-state index in [4.69, 9.17) is 0 Å². The van der Waals surface area contributed by atoms with E-state index >= 15 is 0 Å². The van der Waals surface area contributed by atoms with Crippen molar-refractivity contribution in [2.45, 2.75) is 57.6 Å². The standard InChI is InChI=1S/C15H30N2O/c1-12-11-17(2)8-7-15(12)16-10-14(18)9-13-5-3-4-6-13/h12-16,18H,3-11H2,1-2H3. The van der Waals surface area contributed by atoms with Crippen LogP contribution in [0.1, 0.15) is 45.4 Å². The molecule has 0 radical (unpaired) electrons. The Hall–Kier alpha value is -0.120. The molecule has 0 spiro atoms. The second-order valence-corrected chi connectivity index (χ2v) is 6.58. The lowest BCUT2D eigenvalue weighted by Crippen LogP contribution is -2.48. The van der Waals surface area contributed by atoms with Gasteiger partial charge in [-0.05, 0) is 38.3 Å². The molecule has 3 nitrogen and oxygen atoms in total. The van der Waals surface area contributed by atoms with Gasteiger partial charge in [0.1, 0.15) is 0 Å². The molecule has 1 aliphatic carbocycles. The zero-order chi connectivity index (χ0) is 13.0. The zero-order valence-corrected chi connectivity index (χ0v) is 12.1. The van der Waals surface area contributed by atoms with Crippen LogP contribution in [0.5, 0.6) is 0 Å². The summed E-state index contributed by atoms with van der Waals surface area (Å²) in [7, 11) is 2.20. The Labute approximate surface area is 112 Å². The summed E-state index contributed by atoms with van der Waals surface area (Å²) < 4.78 is 0. The van der Waals surface area contributed by atoms with Gasteiger partial charge in [0.15, 0.2) is 0 Å². The van der Waals surface area contributed by atoms with Crippen LogP contribution in [0, 0.1) is 11.8 Å². The first-order valence-electron chi connectivity index (χ1n) is 7.75. The molecule has 0 aromatic heterocycles. The maximum atomic E-state index is 10.1. The topological polar surface area (TPSA) is 35.5 Å². The first-order chi connectivity index (χ1) is 8.65. The monoisotopic (exact) mass is 254 g/mol. The van der Waals surface area contributed by atoms with Crippen molar-refractivity contribution in [2.24, 2.45) is 11.8 Å². The molecule has 0 bridgehead atoms. The minimum Gasteiger partial charge on any atom is -0.392 e. The van der Waals surface area contributed by atoms with Crippen molar-refractivity contribution in [2.75, 3.05) is 26.7 Å². The fourth-order valence-corrected chi connectivity index (χ4v) is 3.66. The quantitative estimate of drug-likeness (QED) is 0.786. The molecule has 1 saturated heterocycles. The van der Waals surface area contributed by atoms with E-state index in [1.54, 1.807) is 0 Å². The Morgan fingerprint density at radius 1 is 1.28 bits per heavy atom. The maximum absolute atomic E-state index is 10.1. The number of nitrogens with one attached hydrogen (secondary N) is 1. The van der Waals surface area contributed by atoms with Crippen LogP contribution in [-0.4, -0.2) is 48.8 Å². The van der Waals surface area contributed by atoms with Gasteiger partial charge in [0, 0.05) is 19.1 Å². The van der Waals surface area contributed by atoms with Crippen molar-refractivity contribution in [3.8, 4) is 0 Å². The van der Waals surface area contributed by atoms with Crippen molar-refractivity contribution in [1.82, 2.24) is 10.2 Å². The number of likely N-dealkylation sites (tertiary alicyclic amines) is 1. The molecule has 3 atom stereocenters. The highest BCUT2D eigenvalue weighted by atomic mass is 16.3. The number of rotatable bonds is 5. The molecule has 1 heterocycles. The van der Waals surface area contributed by atoms with Gasteiger partial charge in [0.2, 0.25) is 0 Å². The van der Waals surface area contributed by atoms with Gasteiger partial charge < -0.3 is 15.3 Å². The van der Waals surface area contributed by atoms with Gasteiger partial charge in [0.05, 0.1) is 6.10 Å². The van der Waals surface area contributed by atoms with Gasteiger partial charge in [-0.2, -0.15) is 0 Å². The van der Waals surface area contributed by atoms with Gasteiger partial charge in [-0.25, -0.2) is 0 Å². The van der Waals surface area contributed by atoms with Crippen LogP contribution in [-0.2, 0) is 0 Å². The Kier molecular flexibility index (Phi) is 5.46. The molecule has 2 fully saturated rings. The Balaban J connectivity index is 1.64. The van der Waals surface area contributed by atoms with E-state index in [-0.39, 0.29) is 6.10 Å². The predicted molar refractivity (Wildman–Crippen MR) is 75.7 cm³/mol. The molecule has 0 aromatic rings. The summed E-state index contributed by atoms with van der Waals surface area (Å²) in [6.45, 7) is 5.46. The van der Waals surface area contributed by atoms with Crippen molar-refractivity contribution < 1.29 is 5.11 Å². The second kappa shape index (κ2) is 6.88. The van der Waals surface area contributed by atoms with E-state index in [2.05, 4.69) is 24.2 Å². The van der Waals surface area contributed by atoms with Crippen LogP contribution >= 0.6 is 0 Å². The van der Waals surface area contributed by atoms with Crippen LogP contribution in [0.15, 0.2) is 0 Å². The summed E-state index contributed by atoms with van der Waals surface area (Å²) >= 11 is 0. The van der Waals surface area contributed by atoms with Crippen LogP contribution in [0.2, 0.25) is 0 Å². The molecular formula is C15H30N2O. The number of nitrogens with zero attached hydrogens (tertiary/aromatic N) is 1. The summed E-state index contributed by atoms with van der Waals surface area (Å²) in [6, 6.07) is 0.597. The average molecular weight is 254 g/mol. The van der Waals surface area contributed by atoms with Gasteiger partial charge in [-0.3, -0.25) is 0 Å². The fraction of sp³-hybridized carbons (Fsp3) is 1.00. The Bertz CT molecular complexity index is 241. The van der Waals surface area contributed by atoms with Crippen molar-refractivity contribution in [1.29, 1.82) is 0 Å². The first kappa shape index (κ1) is 14.3. The van der Waals surface area contributed by atoms with Crippen LogP contribution in [0.4, 0.5) is 0 Å². The van der Waals surface area contributed by atoms with Gasteiger partial charge in [-0.15, -0.1) is 0 Å². The molecule has 2 rings (SSSR count). The summed E-state index contributed by atoms with van der Waals surface area (Å²) in [5.41, 5.74) is 0. The lowest BCUT2D eigenvalue weighted by atomic mass is 9.93. The molecule has 2 N–H and O–H groups in total. The van der Waals surface area contributed by atoms with Crippen LogP contribution in [0.25, 0.3) is 0 Å². The summed E-state index contributed by atoms with van der Waals surface area (Å²) in [5, 5.41) is 13.7. The van der Waals surface area contributed by atoms with Gasteiger partial charge >= 0.3 is 0 Å². The third kappa shape index (κ3) is 4.22. The van der Waals surface area contributed by atoms with Crippen molar-refractivity contribution in [3.05, 3.63) is 0 Å². The van der Waals surface area contributed by atoms with Crippen LogP contribution in [0.3, 0.4) is 0 Å². The number of aliphatic hydroxyl groups excluding tert-OH is 1. The zero-order valence-electron chi connectivity index (χ0n) is 12.1. The van der Waals surface area contributed by atoms with E-state index in [1.165, 1.54) is 45.2 Å². The molecule has 2 aliphatic rings. The fourth-order valence-electron chi connectivity index (χ4n) is 3.66. The molecule has 1 aliphatic heterocycles. The normalized spacial score (nSPS) is 32.8. The highest BCUT2D eigenvalue weighted by Crippen LogP contribution is 2.28. The highest BCUT2D eigenvalue weighted by Gasteiger charge is 2.25. The van der Waals surface area contributed by atoms with E-state index in [1.807, 2.05) is 0 Å². The average Bonchev–Trinajstić information content (AvgIpc) is 2.80. The number of aliphatic hydroxyl groups is 1. The molecule has 106 valence electrons. The molecular weight excluding hydrogens is 224 g/mol. The Morgan fingerprint density at radius 3 is 2.67 bits per heavy atom. The van der Waals surface area contributed by atoms with E-state index in [0.717, 1.165) is 18.9 Å². The number of hydrogen-bond acceptors (Lipinski definition) is 3. The predicted octanol–water partition coefficient (Wildman–Crippen LogP) is 1.86. The van der Waals surface area contributed by atoms with Crippen molar-refractivity contribution in [3.63, 3.8) is 0 Å².